The number of carbonyl (C=O) groups is 2. The Morgan fingerprint density at radius 1 is 1.04 bits per heavy atom. The lowest BCUT2D eigenvalue weighted by atomic mass is 9.64. The summed E-state index contributed by atoms with van der Waals surface area (Å²) in [6.45, 7) is 0. The summed E-state index contributed by atoms with van der Waals surface area (Å²) < 4.78 is 9.93. The third-order valence-electron chi connectivity index (χ3n) is 5.61. The minimum atomic E-state index is -0.907. The highest BCUT2D eigenvalue weighted by atomic mass is 16.5. The van der Waals surface area contributed by atoms with Gasteiger partial charge < -0.3 is 14.6 Å². The maximum Gasteiger partial charge on any atom is 0.337 e. The minimum absolute atomic E-state index is 0.128. The SMILES string of the molecule is COC(=O)c1ccc([C@H]2CCC[C@](C(=O)O)(c3ccc(OC)cc3)C2)cc1. The lowest BCUT2D eigenvalue weighted by Gasteiger charge is -2.38. The summed E-state index contributed by atoms with van der Waals surface area (Å²) in [5, 5.41) is 10.1. The second-order valence-corrected chi connectivity index (χ2v) is 7.02. The van der Waals surface area contributed by atoms with Crippen molar-refractivity contribution in [3.63, 3.8) is 0 Å². The Labute approximate surface area is 158 Å². The van der Waals surface area contributed by atoms with Crippen molar-refractivity contribution in [3.05, 3.63) is 65.2 Å². The van der Waals surface area contributed by atoms with Crippen molar-refractivity contribution in [1.82, 2.24) is 0 Å². The molecule has 0 heterocycles. The van der Waals surface area contributed by atoms with E-state index in [0.717, 1.165) is 24.0 Å². The number of aliphatic carboxylic acids is 1. The molecule has 0 amide bonds. The number of rotatable bonds is 5. The van der Waals surface area contributed by atoms with Gasteiger partial charge >= 0.3 is 11.9 Å². The molecule has 142 valence electrons. The molecule has 0 saturated heterocycles. The van der Waals surface area contributed by atoms with Gasteiger partial charge in [0.2, 0.25) is 0 Å². The number of carboxylic acid groups (broad SMARTS) is 1. The third-order valence-corrected chi connectivity index (χ3v) is 5.61. The van der Waals surface area contributed by atoms with E-state index in [-0.39, 0.29) is 11.9 Å². The molecule has 0 radical (unpaired) electrons. The number of ether oxygens (including phenoxy) is 2. The summed E-state index contributed by atoms with van der Waals surface area (Å²) in [7, 11) is 2.95. The van der Waals surface area contributed by atoms with Crippen molar-refractivity contribution >= 4 is 11.9 Å². The van der Waals surface area contributed by atoms with Gasteiger partial charge in [0.25, 0.3) is 0 Å². The molecule has 0 spiro atoms. The summed E-state index contributed by atoms with van der Waals surface area (Å²) in [5.74, 6) is -0.319. The second-order valence-electron chi connectivity index (χ2n) is 7.02. The maximum absolute atomic E-state index is 12.3. The van der Waals surface area contributed by atoms with E-state index in [9.17, 15) is 14.7 Å². The number of benzene rings is 2. The number of hydrogen-bond donors (Lipinski definition) is 1. The highest BCUT2D eigenvalue weighted by Gasteiger charge is 2.44. The fourth-order valence-electron chi connectivity index (χ4n) is 4.06. The van der Waals surface area contributed by atoms with Crippen molar-refractivity contribution in [2.45, 2.75) is 37.0 Å². The number of methoxy groups -OCH3 is 2. The molecule has 27 heavy (non-hydrogen) atoms. The van der Waals surface area contributed by atoms with Crippen LogP contribution in [0.5, 0.6) is 5.75 Å². The monoisotopic (exact) mass is 368 g/mol. The molecule has 3 rings (SSSR count). The van der Waals surface area contributed by atoms with Gasteiger partial charge in [-0.25, -0.2) is 4.79 Å². The van der Waals surface area contributed by atoms with Gasteiger partial charge in [-0.2, -0.15) is 0 Å². The molecule has 1 saturated carbocycles. The zero-order valence-corrected chi connectivity index (χ0v) is 15.6. The fraction of sp³-hybridized carbons (Fsp3) is 0.364. The lowest BCUT2D eigenvalue weighted by Crippen LogP contribution is -2.40. The third kappa shape index (κ3) is 3.68. The Hall–Kier alpha value is -2.82. The molecule has 5 nitrogen and oxygen atoms in total. The molecule has 0 aromatic heterocycles. The zero-order chi connectivity index (χ0) is 19.4. The molecular formula is C22H24O5. The smallest absolute Gasteiger partial charge is 0.337 e. The van der Waals surface area contributed by atoms with Crippen molar-refractivity contribution in [1.29, 1.82) is 0 Å². The Bertz CT molecular complexity index is 810. The van der Waals surface area contributed by atoms with Crippen LogP contribution < -0.4 is 4.74 Å². The molecule has 1 fully saturated rings. The van der Waals surface area contributed by atoms with Gasteiger partial charge in [0, 0.05) is 0 Å². The summed E-state index contributed by atoms with van der Waals surface area (Å²) in [6, 6.07) is 14.6. The molecule has 2 atom stereocenters. The predicted molar refractivity (Wildman–Crippen MR) is 101 cm³/mol. The van der Waals surface area contributed by atoms with E-state index >= 15 is 0 Å². The number of carboxylic acids is 1. The van der Waals surface area contributed by atoms with Crippen LogP contribution in [0.3, 0.4) is 0 Å². The minimum Gasteiger partial charge on any atom is -0.497 e. The van der Waals surface area contributed by atoms with E-state index in [1.807, 2.05) is 36.4 Å². The summed E-state index contributed by atoms with van der Waals surface area (Å²) in [5.41, 5.74) is 1.46. The standard InChI is InChI=1S/C22H24O5/c1-26-19-11-9-18(10-12-19)22(21(24)25)13-3-4-17(14-22)15-5-7-16(8-6-15)20(23)27-2/h5-12,17H,3-4,13-14H2,1-2H3,(H,24,25)/t17-,22+/m0/s1. The second kappa shape index (κ2) is 7.82. The van der Waals surface area contributed by atoms with Gasteiger partial charge in [-0.15, -0.1) is 0 Å². The van der Waals surface area contributed by atoms with E-state index in [0.29, 0.717) is 24.2 Å². The first-order valence-corrected chi connectivity index (χ1v) is 9.06. The molecular weight excluding hydrogens is 344 g/mol. The van der Waals surface area contributed by atoms with Crippen LogP contribution in [0.25, 0.3) is 0 Å². The quantitative estimate of drug-likeness (QED) is 0.802. The van der Waals surface area contributed by atoms with Crippen LogP contribution in [0.15, 0.2) is 48.5 Å². The summed E-state index contributed by atoms with van der Waals surface area (Å²) in [6.07, 6.45) is 2.92. The van der Waals surface area contributed by atoms with Crippen LogP contribution in [0.1, 0.15) is 53.1 Å². The summed E-state index contributed by atoms with van der Waals surface area (Å²) >= 11 is 0. The Morgan fingerprint density at radius 2 is 1.70 bits per heavy atom. The van der Waals surface area contributed by atoms with Gasteiger partial charge in [-0.3, -0.25) is 4.79 Å². The van der Waals surface area contributed by atoms with Gasteiger partial charge in [0.05, 0.1) is 25.2 Å². The van der Waals surface area contributed by atoms with Crippen molar-refractivity contribution in [3.8, 4) is 5.75 Å². The van der Waals surface area contributed by atoms with Gasteiger partial charge in [0.1, 0.15) is 5.75 Å². The van der Waals surface area contributed by atoms with Crippen molar-refractivity contribution < 1.29 is 24.2 Å². The van der Waals surface area contributed by atoms with E-state index in [2.05, 4.69) is 0 Å². The number of esters is 1. The Balaban J connectivity index is 1.89. The average Bonchev–Trinajstić information content (AvgIpc) is 2.73. The molecule has 2 aromatic carbocycles. The molecule has 1 N–H and O–H groups in total. The first kappa shape index (κ1) is 19.0. The Kier molecular flexibility index (Phi) is 5.49. The average molecular weight is 368 g/mol. The van der Waals surface area contributed by atoms with E-state index in [1.54, 1.807) is 19.2 Å². The van der Waals surface area contributed by atoms with E-state index in [1.165, 1.54) is 7.11 Å². The maximum atomic E-state index is 12.3. The molecule has 0 unspecified atom stereocenters. The normalized spacial score (nSPS) is 22.1. The van der Waals surface area contributed by atoms with Crippen LogP contribution in [0, 0.1) is 0 Å². The Morgan fingerprint density at radius 3 is 2.26 bits per heavy atom. The molecule has 5 heteroatoms. The van der Waals surface area contributed by atoms with E-state index in [4.69, 9.17) is 9.47 Å². The largest absolute Gasteiger partial charge is 0.497 e. The van der Waals surface area contributed by atoms with Crippen LogP contribution in [-0.2, 0) is 14.9 Å². The predicted octanol–water partition coefficient (Wildman–Crippen LogP) is 4.16. The first-order chi connectivity index (χ1) is 13.0. The summed E-state index contributed by atoms with van der Waals surface area (Å²) in [4.78, 5) is 23.9. The molecule has 1 aliphatic rings. The molecule has 2 aromatic rings. The fourth-order valence-corrected chi connectivity index (χ4v) is 4.06. The van der Waals surface area contributed by atoms with Crippen LogP contribution in [0.2, 0.25) is 0 Å². The number of carbonyl (C=O) groups excluding carboxylic acids is 1. The van der Waals surface area contributed by atoms with Crippen molar-refractivity contribution in [2.24, 2.45) is 0 Å². The molecule has 0 aliphatic heterocycles. The van der Waals surface area contributed by atoms with E-state index < -0.39 is 11.4 Å². The van der Waals surface area contributed by atoms with Crippen LogP contribution in [-0.4, -0.2) is 31.3 Å². The number of hydrogen-bond acceptors (Lipinski definition) is 4. The zero-order valence-electron chi connectivity index (χ0n) is 15.6. The lowest BCUT2D eigenvalue weighted by molar-refractivity contribution is -0.145. The highest BCUT2D eigenvalue weighted by Crippen LogP contribution is 2.46. The van der Waals surface area contributed by atoms with Gasteiger partial charge in [-0.05, 0) is 60.6 Å². The molecule has 1 aliphatic carbocycles. The van der Waals surface area contributed by atoms with Gasteiger partial charge in [0.15, 0.2) is 0 Å². The first-order valence-electron chi connectivity index (χ1n) is 9.06. The van der Waals surface area contributed by atoms with Crippen LogP contribution >= 0.6 is 0 Å². The topological polar surface area (TPSA) is 72.8 Å². The highest BCUT2D eigenvalue weighted by molar-refractivity contribution is 5.89. The van der Waals surface area contributed by atoms with Crippen LogP contribution in [0.4, 0.5) is 0 Å². The molecule has 0 bridgehead atoms. The van der Waals surface area contributed by atoms with Gasteiger partial charge in [-0.1, -0.05) is 30.7 Å². The van der Waals surface area contributed by atoms with Crippen molar-refractivity contribution in [2.75, 3.05) is 14.2 Å².